The van der Waals surface area contributed by atoms with Crippen molar-refractivity contribution in [2.45, 2.75) is 65.0 Å². The van der Waals surface area contributed by atoms with Crippen LogP contribution in [0.25, 0.3) is 11.1 Å². The van der Waals surface area contributed by atoms with Crippen molar-refractivity contribution in [2.24, 2.45) is 5.92 Å². The van der Waals surface area contributed by atoms with Crippen molar-refractivity contribution >= 4 is 23.6 Å². The molecule has 0 saturated heterocycles. The lowest BCUT2D eigenvalue weighted by molar-refractivity contribution is -0.129. The van der Waals surface area contributed by atoms with Crippen LogP contribution in [-0.4, -0.2) is 42.0 Å². The van der Waals surface area contributed by atoms with E-state index >= 15 is 0 Å². The van der Waals surface area contributed by atoms with Crippen molar-refractivity contribution in [3.05, 3.63) is 54.1 Å². The van der Waals surface area contributed by atoms with Gasteiger partial charge in [-0.2, -0.15) is 0 Å². The summed E-state index contributed by atoms with van der Waals surface area (Å²) in [6.07, 6.45) is 4.84. The first-order chi connectivity index (χ1) is 16.6. The van der Waals surface area contributed by atoms with E-state index in [1.165, 1.54) is 6.42 Å². The van der Waals surface area contributed by atoms with E-state index in [1.807, 2.05) is 48.5 Å². The molecule has 2 aromatic carbocycles. The first-order valence-corrected chi connectivity index (χ1v) is 12.3. The minimum atomic E-state index is -0.612. The smallest absolute Gasteiger partial charge is 0.408 e. The Labute approximate surface area is 208 Å². The SMILES string of the molecule is CN(Cc1cccc(-c2ccc(NC(=O)C3CCCCC3)cc2)c1)C(=O)CNC(=O)OC(C)(C)C. The molecule has 0 atom stereocenters. The zero-order valence-electron chi connectivity index (χ0n) is 21.2. The van der Waals surface area contributed by atoms with E-state index in [9.17, 15) is 14.4 Å². The van der Waals surface area contributed by atoms with Gasteiger partial charge in [-0.25, -0.2) is 4.79 Å². The van der Waals surface area contributed by atoms with Gasteiger partial charge in [0, 0.05) is 25.2 Å². The predicted octanol–water partition coefficient (Wildman–Crippen LogP) is 5.36. The molecule has 7 heteroatoms. The van der Waals surface area contributed by atoms with Crippen molar-refractivity contribution < 1.29 is 19.1 Å². The van der Waals surface area contributed by atoms with E-state index in [4.69, 9.17) is 4.74 Å². The lowest BCUT2D eigenvalue weighted by atomic mass is 9.88. The van der Waals surface area contributed by atoms with Crippen LogP contribution in [-0.2, 0) is 20.9 Å². The highest BCUT2D eigenvalue weighted by Crippen LogP contribution is 2.26. The summed E-state index contributed by atoms with van der Waals surface area (Å²) in [5.41, 5.74) is 3.23. The molecule has 3 amide bonds. The number of nitrogens with one attached hydrogen (secondary N) is 2. The van der Waals surface area contributed by atoms with Crippen molar-refractivity contribution in [3.8, 4) is 11.1 Å². The molecule has 35 heavy (non-hydrogen) atoms. The Morgan fingerprint density at radius 2 is 1.66 bits per heavy atom. The summed E-state index contributed by atoms with van der Waals surface area (Å²) >= 11 is 0. The Balaban J connectivity index is 1.54. The largest absolute Gasteiger partial charge is 0.444 e. The van der Waals surface area contributed by atoms with Crippen LogP contribution in [0, 0.1) is 5.92 Å². The maximum atomic E-state index is 12.5. The van der Waals surface area contributed by atoms with Crippen molar-refractivity contribution in [3.63, 3.8) is 0 Å². The minimum Gasteiger partial charge on any atom is -0.444 e. The molecular formula is C28H37N3O4. The Morgan fingerprint density at radius 1 is 0.971 bits per heavy atom. The van der Waals surface area contributed by atoms with Gasteiger partial charge in [-0.15, -0.1) is 0 Å². The fraction of sp³-hybridized carbons (Fsp3) is 0.464. The normalized spacial score (nSPS) is 14.2. The summed E-state index contributed by atoms with van der Waals surface area (Å²) in [4.78, 5) is 38.3. The lowest BCUT2D eigenvalue weighted by Gasteiger charge is -2.21. The molecule has 0 radical (unpaired) electrons. The standard InChI is InChI=1S/C28H37N3O4/c1-28(2,3)35-27(34)29-18-25(32)31(4)19-20-9-8-12-23(17-20)21-13-15-24(16-14-21)30-26(33)22-10-6-5-7-11-22/h8-9,12-17,22H,5-7,10-11,18-19H2,1-4H3,(H,29,34)(H,30,33). The highest BCUT2D eigenvalue weighted by atomic mass is 16.6. The summed E-state index contributed by atoms with van der Waals surface area (Å²) in [6, 6.07) is 15.8. The quantitative estimate of drug-likeness (QED) is 0.560. The molecule has 2 N–H and O–H groups in total. The van der Waals surface area contributed by atoms with Gasteiger partial charge in [0.2, 0.25) is 11.8 Å². The van der Waals surface area contributed by atoms with Crippen LogP contribution in [0.5, 0.6) is 0 Å². The number of likely N-dealkylation sites (N-methyl/N-ethyl adjacent to an activating group) is 1. The van der Waals surface area contributed by atoms with Gasteiger partial charge in [0.25, 0.3) is 0 Å². The van der Waals surface area contributed by atoms with Crippen LogP contribution in [0.2, 0.25) is 0 Å². The third kappa shape index (κ3) is 8.42. The summed E-state index contributed by atoms with van der Waals surface area (Å²) in [6.45, 7) is 5.61. The maximum Gasteiger partial charge on any atom is 0.408 e. The maximum absolute atomic E-state index is 12.5. The molecule has 7 nitrogen and oxygen atoms in total. The average molecular weight is 480 g/mol. The van der Waals surface area contributed by atoms with Gasteiger partial charge in [-0.3, -0.25) is 9.59 Å². The summed E-state index contributed by atoms with van der Waals surface area (Å²) in [5, 5.41) is 5.55. The zero-order valence-corrected chi connectivity index (χ0v) is 21.2. The van der Waals surface area contributed by atoms with Crippen LogP contribution < -0.4 is 10.6 Å². The number of benzene rings is 2. The number of amides is 3. The zero-order chi connectivity index (χ0) is 25.4. The fourth-order valence-electron chi connectivity index (χ4n) is 4.16. The molecule has 0 aromatic heterocycles. The summed E-state index contributed by atoms with van der Waals surface area (Å²) < 4.78 is 5.17. The van der Waals surface area contributed by atoms with Gasteiger partial charge in [0.15, 0.2) is 0 Å². The molecular weight excluding hydrogens is 442 g/mol. The van der Waals surface area contributed by atoms with Gasteiger partial charge in [0.1, 0.15) is 12.1 Å². The number of hydrogen-bond acceptors (Lipinski definition) is 4. The van der Waals surface area contributed by atoms with Crippen LogP contribution in [0.3, 0.4) is 0 Å². The van der Waals surface area contributed by atoms with E-state index in [1.54, 1.807) is 32.7 Å². The molecule has 1 saturated carbocycles. The number of nitrogens with zero attached hydrogens (tertiary/aromatic N) is 1. The summed E-state index contributed by atoms with van der Waals surface area (Å²) in [7, 11) is 1.70. The topological polar surface area (TPSA) is 87.7 Å². The number of anilines is 1. The highest BCUT2D eigenvalue weighted by Gasteiger charge is 2.21. The molecule has 0 aliphatic heterocycles. The monoisotopic (exact) mass is 479 g/mol. The van der Waals surface area contributed by atoms with E-state index in [0.29, 0.717) is 6.54 Å². The predicted molar refractivity (Wildman–Crippen MR) is 138 cm³/mol. The molecule has 3 rings (SSSR count). The first kappa shape index (κ1) is 26.3. The van der Waals surface area contributed by atoms with Crippen molar-refractivity contribution in [2.75, 3.05) is 18.9 Å². The molecule has 1 aliphatic carbocycles. The molecule has 0 spiro atoms. The molecule has 188 valence electrons. The Kier molecular flexibility index (Phi) is 8.90. The van der Waals surface area contributed by atoms with Gasteiger partial charge in [-0.1, -0.05) is 49.6 Å². The van der Waals surface area contributed by atoms with Gasteiger partial charge < -0.3 is 20.3 Å². The van der Waals surface area contributed by atoms with E-state index in [2.05, 4.69) is 10.6 Å². The molecule has 1 fully saturated rings. The minimum absolute atomic E-state index is 0.119. The number of carbonyl (C=O) groups is 3. The molecule has 1 aliphatic rings. The lowest BCUT2D eigenvalue weighted by Crippen LogP contribution is -2.40. The third-order valence-electron chi connectivity index (χ3n) is 6.02. The number of alkyl carbamates (subject to hydrolysis) is 1. The van der Waals surface area contributed by atoms with E-state index in [0.717, 1.165) is 48.1 Å². The van der Waals surface area contributed by atoms with Crippen molar-refractivity contribution in [1.82, 2.24) is 10.2 Å². The second kappa shape index (κ2) is 11.9. The van der Waals surface area contributed by atoms with Crippen LogP contribution in [0.15, 0.2) is 48.5 Å². The Morgan fingerprint density at radius 3 is 2.31 bits per heavy atom. The van der Waals surface area contributed by atoms with Gasteiger partial charge >= 0.3 is 6.09 Å². The highest BCUT2D eigenvalue weighted by molar-refractivity contribution is 5.92. The third-order valence-corrected chi connectivity index (χ3v) is 6.02. The van der Waals surface area contributed by atoms with Crippen molar-refractivity contribution in [1.29, 1.82) is 0 Å². The van der Waals surface area contributed by atoms with Crippen LogP contribution in [0.1, 0.15) is 58.4 Å². The second-order valence-electron chi connectivity index (χ2n) is 10.2. The van der Waals surface area contributed by atoms with Gasteiger partial charge in [0.05, 0.1) is 0 Å². The molecule has 0 unspecified atom stereocenters. The number of hydrogen-bond donors (Lipinski definition) is 2. The van der Waals surface area contributed by atoms with Crippen LogP contribution in [0.4, 0.5) is 10.5 Å². The van der Waals surface area contributed by atoms with Crippen LogP contribution >= 0.6 is 0 Å². The first-order valence-electron chi connectivity index (χ1n) is 12.3. The summed E-state index contributed by atoms with van der Waals surface area (Å²) in [5.74, 6) is 0.0341. The number of carbonyl (C=O) groups excluding carboxylic acids is 3. The molecule has 0 bridgehead atoms. The fourth-order valence-corrected chi connectivity index (χ4v) is 4.16. The second-order valence-corrected chi connectivity index (χ2v) is 10.2. The van der Waals surface area contributed by atoms with Gasteiger partial charge in [-0.05, 0) is 68.5 Å². The molecule has 2 aromatic rings. The average Bonchev–Trinajstić information content (AvgIpc) is 2.82. The van der Waals surface area contributed by atoms with E-state index < -0.39 is 11.7 Å². The van der Waals surface area contributed by atoms with E-state index in [-0.39, 0.29) is 24.3 Å². The Hall–Kier alpha value is -3.35. The number of rotatable bonds is 7. The number of ether oxygens (including phenoxy) is 1. The molecule has 0 heterocycles. The Bertz CT molecular complexity index is 1020.